The number of nitro groups is 1. The van der Waals surface area contributed by atoms with E-state index >= 15 is 0 Å². The molecule has 0 spiro atoms. The first kappa shape index (κ1) is 30.9. The van der Waals surface area contributed by atoms with Crippen molar-refractivity contribution in [3.8, 4) is 0 Å². The van der Waals surface area contributed by atoms with E-state index in [-0.39, 0.29) is 11.6 Å². The normalized spacial score (nSPS) is 12.8. The second-order valence-corrected chi connectivity index (χ2v) is 10.5. The molecule has 8 heteroatoms. The lowest BCUT2D eigenvalue weighted by Crippen LogP contribution is -2.41. The Bertz CT molecular complexity index is 997. The quantitative estimate of drug-likeness (QED) is 0.110. The molecule has 1 amide bonds. The number of rotatable bonds is 17. The number of nitrogens with one attached hydrogen (secondary N) is 1. The molecule has 0 radical (unpaired) electrons. The van der Waals surface area contributed by atoms with E-state index in [0.717, 1.165) is 25.7 Å². The molecule has 0 heterocycles. The predicted octanol–water partition coefficient (Wildman–Crippen LogP) is 5.37. The summed E-state index contributed by atoms with van der Waals surface area (Å²) in [5.74, 6) is -0.210. The van der Waals surface area contributed by atoms with Gasteiger partial charge in [-0.15, -0.1) is 9.24 Å². The number of carbonyl (C=O) groups is 1. The van der Waals surface area contributed by atoms with Crippen LogP contribution in [0, 0.1) is 24.0 Å². The van der Waals surface area contributed by atoms with Crippen molar-refractivity contribution in [3.05, 3.63) is 68.8 Å². The fourth-order valence-corrected chi connectivity index (χ4v) is 4.85. The third-order valence-electron chi connectivity index (χ3n) is 7.16. The number of aliphatic hydroxyl groups excluding tert-OH is 2. The minimum Gasteiger partial charge on any atom is -0.394 e. The lowest BCUT2D eigenvalue weighted by Gasteiger charge is -2.22. The van der Waals surface area contributed by atoms with Gasteiger partial charge in [0.25, 0.3) is 5.69 Å². The molecule has 204 valence electrons. The number of carbonyl (C=O) groups excluding carboxylic acids is 1. The summed E-state index contributed by atoms with van der Waals surface area (Å²) in [6.07, 6.45) is 10.6. The molecule has 2 aromatic rings. The SMILES string of the molecule is Cc1c(P)ccc(CCCCCCCCCCCC(=O)N[C@H](CO)[C@H](O)c2ccc([N+](=O)[O-])cc2)c1C. The van der Waals surface area contributed by atoms with Crippen LogP contribution in [0.4, 0.5) is 5.69 Å². The molecule has 0 fully saturated rings. The van der Waals surface area contributed by atoms with Crippen LogP contribution in [0.2, 0.25) is 0 Å². The van der Waals surface area contributed by atoms with Gasteiger partial charge >= 0.3 is 0 Å². The Morgan fingerprint density at radius 1 is 0.919 bits per heavy atom. The molecule has 3 atom stereocenters. The van der Waals surface area contributed by atoms with Gasteiger partial charge in [0, 0.05) is 18.6 Å². The maximum absolute atomic E-state index is 12.3. The molecule has 0 saturated heterocycles. The summed E-state index contributed by atoms with van der Waals surface area (Å²) < 4.78 is 0. The molecule has 7 nitrogen and oxygen atoms in total. The summed E-state index contributed by atoms with van der Waals surface area (Å²) in [7, 11) is 2.81. The standard InChI is InChI=1S/C29H43N2O5P/c1-21-22(2)27(37)19-16-23(21)12-10-8-6-4-3-5-7-9-11-13-28(33)30-26(20-32)29(34)24-14-17-25(18-15-24)31(35)36/h14-19,26,29,32,34H,3-13,20,37H2,1-2H3,(H,30,33)/t26-,29-/m1/s1. The van der Waals surface area contributed by atoms with Crippen molar-refractivity contribution in [1.82, 2.24) is 5.32 Å². The van der Waals surface area contributed by atoms with Gasteiger partial charge in [-0.2, -0.15) is 0 Å². The molecule has 0 aliphatic carbocycles. The molecule has 0 aliphatic heterocycles. The molecule has 0 bridgehead atoms. The molecular weight excluding hydrogens is 487 g/mol. The number of aliphatic hydroxyl groups is 2. The van der Waals surface area contributed by atoms with E-state index in [1.807, 2.05) is 0 Å². The Morgan fingerprint density at radius 3 is 2.05 bits per heavy atom. The summed E-state index contributed by atoms with van der Waals surface area (Å²) in [4.78, 5) is 22.5. The van der Waals surface area contributed by atoms with Crippen LogP contribution in [0.15, 0.2) is 36.4 Å². The number of amides is 1. The number of hydrogen-bond acceptors (Lipinski definition) is 5. The summed E-state index contributed by atoms with van der Waals surface area (Å²) in [6, 6.07) is 9.05. The van der Waals surface area contributed by atoms with Crippen molar-refractivity contribution in [1.29, 1.82) is 0 Å². The summed E-state index contributed by atoms with van der Waals surface area (Å²) in [6.45, 7) is 3.99. The van der Waals surface area contributed by atoms with Crippen LogP contribution in [0.1, 0.15) is 92.6 Å². The fourth-order valence-electron chi connectivity index (χ4n) is 4.54. The molecule has 3 N–H and O–H groups in total. The van der Waals surface area contributed by atoms with E-state index in [9.17, 15) is 25.1 Å². The van der Waals surface area contributed by atoms with E-state index in [4.69, 9.17) is 0 Å². The predicted molar refractivity (Wildman–Crippen MR) is 152 cm³/mol. The van der Waals surface area contributed by atoms with Gasteiger partial charge in [-0.25, -0.2) is 0 Å². The van der Waals surface area contributed by atoms with Crippen molar-refractivity contribution in [2.75, 3.05) is 6.61 Å². The van der Waals surface area contributed by atoms with E-state index in [1.165, 1.54) is 84.8 Å². The molecule has 0 aromatic heterocycles. The van der Waals surface area contributed by atoms with Gasteiger partial charge in [-0.1, -0.05) is 57.1 Å². The van der Waals surface area contributed by atoms with Crippen molar-refractivity contribution in [2.45, 2.75) is 96.6 Å². The van der Waals surface area contributed by atoms with Crippen molar-refractivity contribution in [2.24, 2.45) is 0 Å². The Labute approximate surface area is 223 Å². The number of aryl methyl sites for hydroxylation is 1. The Hall–Kier alpha value is -2.34. The van der Waals surface area contributed by atoms with Crippen molar-refractivity contribution in [3.63, 3.8) is 0 Å². The third kappa shape index (κ3) is 10.5. The van der Waals surface area contributed by atoms with Crippen LogP contribution in [-0.4, -0.2) is 33.7 Å². The van der Waals surface area contributed by atoms with E-state index < -0.39 is 23.7 Å². The van der Waals surface area contributed by atoms with Crippen molar-refractivity contribution >= 4 is 26.1 Å². The van der Waals surface area contributed by atoms with Gasteiger partial charge in [-0.05, 0) is 72.8 Å². The third-order valence-corrected chi connectivity index (χ3v) is 7.79. The van der Waals surface area contributed by atoms with Gasteiger partial charge in [0.1, 0.15) is 6.10 Å². The summed E-state index contributed by atoms with van der Waals surface area (Å²) >= 11 is 0. The van der Waals surface area contributed by atoms with Gasteiger partial charge in [0.15, 0.2) is 0 Å². The lowest BCUT2D eigenvalue weighted by atomic mass is 9.98. The fraction of sp³-hybridized carbons (Fsp3) is 0.552. The Kier molecular flexibility index (Phi) is 13.8. The first-order chi connectivity index (χ1) is 17.7. The minimum absolute atomic E-state index is 0.0804. The van der Waals surface area contributed by atoms with Crippen LogP contribution in [0.25, 0.3) is 0 Å². The number of unbranched alkanes of at least 4 members (excludes halogenated alkanes) is 8. The zero-order valence-corrected chi connectivity index (χ0v) is 23.4. The largest absolute Gasteiger partial charge is 0.394 e. The molecule has 1 unspecified atom stereocenters. The first-order valence-corrected chi connectivity index (χ1v) is 14.0. The van der Waals surface area contributed by atoms with E-state index in [0.29, 0.717) is 12.0 Å². The van der Waals surface area contributed by atoms with Crippen molar-refractivity contribution < 1.29 is 19.9 Å². The smallest absolute Gasteiger partial charge is 0.269 e. The average Bonchev–Trinajstić information content (AvgIpc) is 2.89. The molecule has 0 saturated carbocycles. The van der Waals surface area contributed by atoms with E-state index in [2.05, 4.69) is 40.5 Å². The highest BCUT2D eigenvalue weighted by Crippen LogP contribution is 2.21. The number of nitro benzene ring substituents is 1. The molecule has 2 aromatic carbocycles. The van der Waals surface area contributed by atoms with Crippen LogP contribution in [-0.2, 0) is 11.2 Å². The number of benzene rings is 2. The molecule has 0 aliphatic rings. The molecule has 2 rings (SSSR count). The Balaban J connectivity index is 1.52. The van der Waals surface area contributed by atoms with Gasteiger partial charge in [0.05, 0.1) is 17.6 Å². The summed E-state index contributed by atoms with van der Waals surface area (Å²) in [5, 5.41) is 34.8. The topological polar surface area (TPSA) is 113 Å². The first-order valence-electron chi connectivity index (χ1n) is 13.4. The van der Waals surface area contributed by atoms with Crippen LogP contribution >= 0.6 is 9.24 Å². The zero-order chi connectivity index (χ0) is 27.2. The second-order valence-electron chi connectivity index (χ2n) is 9.90. The molecule has 37 heavy (non-hydrogen) atoms. The van der Waals surface area contributed by atoms with Crippen LogP contribution in [0.3, 0.4) is 0 Å². The highest BCUT2D eigenvalue weighted by Gasteiger charge is 2.22. The van der Waals surface area contributed by atoms with Gasteiger partial charge in [0.2, 0.25) is 5.91 Å². The van der Waals surface area contributed by atoms with Crippen LogP contribution < -0.4 is 10.6 Å². The monoisotopic (exact) mass is 530 g/mol. The average molecular weight is 531 g/mol. The Morgan fingerprint density at radius 2 is 1.49 bits per heavy atom. The number of hydrogen-bond donors (Lipinski definition) is 3. The number of non-ortho nitro benzene ring substituents is 1. The maximum atomic E-state index is 12.3. The lowest BCUT2D eigenvalue weighted by molar-refractivity contribution is -0.384. The number of nitrogens with zero attached hydrogens (tertiary/aromatic N) is 1. The van der Waals surface area contributed by atoms with Gasteiger partial charge in [-0.3, -0.25) is 14.9 Å². The van der Waals surface area contributed by atoms with Gasteiger partial charge < -0.3 is 15.5 Å². The zero-order valence-electron chi connectivity index (χ0n) is 22.2. The highest BCUT2D eigenvalue weighted by atomic mass is 31.0. The molecular formula is C29H43N2O5P. The van der Waals surface area contributed by atoms with E-state index in [1.54, 1.807) is 0 Å². The highest BCUT2D eigenvalue weighted by molar-refractivity contribution is 7.27. The second kappa shape index (κ2) is 16.5. The maximum Gasteiger partial charge on any atom is 0.269 e. The minimum atomic E-state index is -1.14. The summed E-state index contributed by atoms with van der Waals surface area (Å²) in [5.41, 5.74) is 4.60. The van der Waals surface area contributed by atoms with Crippen LogP contribution in [0.5, 0.6) is 0 Å².